The van der Waals surface area contributed by atoms with Crippen molar-refractivity contribution >= 4 is 22.4 Å². The van der Waals surface area contributed by atoms with Gasteiger partial charge in [-0.05, 0) is 37.4 Å². The highest BCUT2D eigenvalue weighted by atomic mass is 35.5. The fourth-order valence-electron chi connectivity index (χ4n) is 2.35. The predicted octanol–water partition coefficient (Wildman–Crippen LogP) is 4.90. The standard InChI is InChI=1S/C18H24ClNO/c1-14(2)6-5-11-20-12-13-21-18-10-9-17(19)15-7-3-4-8-16(15)18/h3-4,7-10,14,20H,5-6,11-13H2,1-2H3. The minimum atomic E-state index is 0.674. The summed E-state index contributed by atoms with van der Waals surface area (Å²) in [5, 5.41) is 6.30. The Hall–Kier alpha value is -1.25. The summed E-state index contributed by atoms with van der Waals surface area (Å²) in [7, 11) is 0. The number of fused-ring (bicyclic) bond motifs is 1. The van der Waals surface area contributed by atoms with Crippen molar-refractivity contribution < 1.29 is 4.74 Å². The van der Waals surface area contributed by atoms with E-state index >= 15 is 0 Å². The molecule has 21 heavy (non-hydrogen) atoms. The number of ether oxygens (including phenoxy) is 1. The zero-order valence-corrected chi connectivity index (χ0v) is 13.6. The van der Waals surface area contributed by atoms with Crippen LogP contribution >= 0.6 is 11.6 Å². The van der Waals surface area contributed by atoms with E-state index in [-0.39, 0.29) is 0 Å². The summed E-state index contributed by atoms with van der Waals surface area (Å²) in [5.41, 5.74) is 0. The zero-order valence-electron chi connectivity index (χ0n) is 12.9. The van der Waals surface area contributed by atoms with Gasteiger partial charge in [-0.1, -0.05) is 49.7 Å². The first kappa shape index (κ1) is 16.1. The second-order valence-electron chi connectivity index (χ2n) is 5.73. The fourth-order valence-corrected chi connectivity index (χ4v) is 2.58. The summed E-state index contributed by atoms with van der Waals surface area (Å²) in [4.78, 5) is 0. The molecule has 2 nitrogen and oxygen atoms in total. The lowest BCUT2D eigenvalue weighted by Crippen LogP contribution is -2.22. The maximum absolute atomic E-state index is 6.21. The fraction of sp³-hybridized carbons (Fsp3) is 0.444. The van der Waals surface area contributed by atoms with Crippen LogP contribution in [-0.2, 0) is 0 Å². The first-order chi connectivity index (χ1) is 10.2. The van der Waals surface area contributed by atoms with Crippen LogP contribution in [0.15, 0.2) is 36.4 Å². The lowest BCUT2D eigenvalue weighted by molar-refractivity contribution is 0.316. The molecule has 2 rings (SSSR count). The van der Waals surface area contributed by atoms with Gasteiger partial charge in [0, 0.05) is 22.3 Å². The quantitative estimate of drug-likeness (QED) is 0.701. The van der Waals surface area contributed by atoms with Gasteiger partial charge >= 0.3 is 0 Å². The lowest BCUT2D eigenvalue weighted by atomic mass is 10.1. The maximum atomic E-state index is 6.21. The van der Waals surface area contributed by atoms with Gasteiger partial charge in [-0.2, -0.15) is 0 Å². The average Bonchev–Trinajstić information content (AvgIpc) is 2.48. The molecule has 0 bridgehead atoms. The Balaban J connectivity index is 1.80. The maximum Gasteiger partial charge on any atom is 0.127 e. The molecule has 0 saturated heterocycles. The van der Waals surface area contributed by atoms with Crippen molar-refractivity contribution in [3.8, 4) is 5.75 Å². The molecular weight excluding hydrogens is 282 g/mol. The molecule has 114 valence electrons. The summed E-state index contributed by atoms with van der Waals surface area (Å²) in [5.74, 6) is 1.68. The highest BCUT2D eigenvalue weighted by Gasteiger charge is 2.04. The molecule has 0 amide bonds. The molecule has 0 saturated carbocycles. The SMILES string of the molecule is CC(C)CCCNCCOc1ccc(Cl)c2ccccc12. The first-order valence-corrected chi connectivity index (χ1v) is 8.07. The molecule has 2 aromatic carbocycles. The molecular formula is C18H24ClNO. The smallest absolute Gasteiger partial charge is 0.127 e. The van der Waals surface area contributed by atoms with Crippen molar-refractivity contribution in [2.75, 3.05) is 19.7 Å². The normalized spacial score (nSPS) is 11.2. The van der Waals surface area contributed by atoms with E-state index in [0.717, 1.165) is 40.6 Å². The van der Waals surface area contributed by atoms with Crippen LogP contribution in [0.2, 0.25) is 5.02 Å². The molecule has 0 fully saturated rings. The van der Waals surface area contributed by atoms with E-state index in [0.29, 0.717) is 6.61 Å². The van der Waals surface area contributed by atoms with Crippen molar-refractivity contribution in [1.82, 2.24) is 5.32 Å². The Morgan fingerprint density at radius 2 is 1.81 bits per heavy atom. The summed E-state index contributed by atoms with van der Waals surface area (Å²) >= 11 is 6.21. The molecule has 0 radical (unpaired) electrons. The van der Waals surface area contributed by atoms with Crippen molar-refractivity contribution in [1.29, 1.82) is 0 Å². The molecule has 0 spiro atoms. The van der Waals surface area contributed by atoms with E-state index in [1.807, 2.05) is 36.4 Å². The number of rotatable bonds is 8. The largest absolute Gasteiger partial charge is 0.492 e. The topological polar surface area (TPSA) is 21.3 Å². The Morgan fingerprint density at radius 3 is 2.57 bits per heavy atom. The molecule has 3 heteroatoms. The summed E-state index contributed by atoms with van der Waals surface area (Å²) in [6.45, 7) is 7.12. The molecule has 0 unspecified atom stereocenters. The highest BCUT2D eigenvalue weighted by molar-refractivity contribution is 6.35. The second kappa shape index (κ2) is 8.26. The third-order valence-corrected chi connectivity index (χ3v) is 3.83. The van der Waals surface area contributed by atoms with Gasteiger partial charge in [-0.3, -0.25) is 0 Å². The molecule has 0 atom stereocenters. The van der Waals surface area contributed by atoms with Crippen molar-refractivity contribution in [3.63, 3.8) is 0 Å². The number of halogens is 1. The minimum absolute atomic E-state index is 0.674. The average molecular weight is 306 g/mol. The van der Waals surface area contributed by atoms with Crippen LogP contribution in [0.5, 0.6) is 5.75 Å². The van der Waals surface area contributed by atoms with Gasteiger partial charge in [0.2, 0.25) is 0 Å². The Bertz CT molecular complexity index is 568. The number of hydrogen-bond donors (Lipinski definition) is 1. The Kier molecular flexibility index (Phi) is 6.34. The highest BCUT2D eigenvalue weighted by Crippen LogP contribution is 2.31. The zero-order chi connectivity index (χ0) is 15.1. The van der Waals surface area contributed by atoms with Gasteiger partial charge in [0.25, 0.3) is 0 Å². The van der Waals surface area contributed by atoms with Crippen LogP contribution in [0, 0.1) is 5.92 Å². The summed E-state index contributed by atoms with van der Waals surface area (Å²) in [6, 6.07) is 11.9. The monoisotopic (exact) mass is 305 g/mol. The Labute approximate surface area is 132 Å². The molecule has 1 N–H and O–H groups in total. The van der Waals surface area contributed by atoms with Crippen molar-refractivity contribution in [2.45, 2.75) is 26.7 Å². The molecule has 0 aliphatic rings. The Morgan fingerprint density at radius 1 is 1.05 bits per heavy atom. The van der Waals surface area contributed by atoms with Gasteiger partial charge in [0.15, 0.2) is 0 Å². The van der Waals surface area contributed by atoms with Gasteiger partial charge in [0.05, 0.1) is 0 Å². The summed E-state index contributed by atoms with van der Waals surface area (Å²) in [6.07, 6.45) is 2.50. The molecule has 0 aromatic heterocycles. The van der Waals surface area contributed by atoms with Crippen LogP contribution in [0.3, 0.4) is 0 Å². The summed E-state index contributed by atoms with van der Waals surface area (Å²) < 4.78 is 5.88. The van der Waals surface area contributed by atoms with E-state index < -0.39 is 0 Å². The minimum Gasteiger partial charge on any atom is -0.492 e. The van der Waals surface area contributed by atoms with Crippen LogP contribution in [0.1, 0.15) is 26.7 Å². The van der Waals surface area contributed by atoms with Crippen LogP contribution < -0.4 is 10.1 Å². The molecule has 2 aromatic rings. The molecule has 0 aliphatic carbocycles. The van der Waals surface area contributed by atoms with E-state index in [4.69, 9.17) is 16.3 Å². The van der Waals surface area contributed by atoms with Crippen LogP contribution in [0.25, 0.3) is 10.8 Å². The van der Waals surface area contributed by atoms with Gasteiger partial charge in [0.1, 0.15) is 12.4 Å². The molecule has 0 aliphatic heterocycles. The first-order valence-electron chi connectivity index (χ1n) is 7.69. The van der Waals surface area contributed by atoms with Crippen molar-refractivity contribution in [3.05, 3.63) is 41.4 Å². The van der Waals surface area contributed by atoms with Gasteiger partial charge in [-0.25, -0.2) is 0 Å². The van der Waals surface area contributed by atoms with E-state index in [2.05, 4.69) is 19.2 Å². The van der Waals surface area contributed by atoms with Gasteiger partial charge < -0.3 is 10.1 Å². The van der Waals surface area contributed by atoms with Crippen LogP contribution in [0.4, 0.5) is 0 Å². The van der Waals surface area contributed by atoms with Crippen molar-refractivity contribution in [2.24, 2.45) is 5.92 Å². The third-order valence-electron chi connectivity index (χ3n) is 3.50. The second-order valence-corrected chi connectivity index (χ2v) is 6.13. The van der Waals surface area contributed by atoms with Gasteiger partial charge in [-0.15, -0.1) is 0 Å². The lowest BCUT2D eigenvalue weighted by Gasteiger charge is -2.11. The van der Waals surface area contributed by atoms with E-state index in [9.17, 15) is 0 Å². The number of nitrogens with one attached hydrogen (secondary N) is 1. The third kappa shape index (κ3) is 4.90. The number of hydrogen-bond acceptors (Lipinski definition) is 2. The number of benzene rings is 2. The predicted molar refractivity (Wildman–Crippen MR) is 91.4 cm³/mol. The van der Waals surface area contributed by atoms with Crippen LogP contribution in [-0.4, -0.2) is 19.7 Å². The van der Waals surface area contributed by atoms with E-state index in [1.54, 1.807) is 0 Å². The molecule has 0 heterocycles. The van der Waals surface area contributed by atoms with E-state index in [1.165, 1.54) is 12.8 Å².